The van der Waals surface area contributed by atoms with Crippen LogP contribution in [-0.4, -0.2) is 33.0 Å². The molecule has 0 N–H and O–H groups in total. The van der Waals surface area contributed by atoms with Gasteiger partial charge in [0.15, 0.2) is 0 Å². The first-order valence-electron chi connectivity index (χ1n) is 8.21. The Hall–Kier alpha value is -3.20. The molecule has 0 unspecified atom stereocenters. The number of methoxy groups -OCH3 is 1. The maximum Gasteiger partial charge on any atom is 0.337 e. The number of ether oxygens (including phenoxy) is 1. The molecule has 0 saturated heterocycles. The van der Waals surface area contributed by atoms with Gasteiger partial charge in [-0.2, -0.15) is 0 Å². The molecule has 2 aromatic rings. The quantitative estimate of drug-likeness (QED) is 0.303. The fraction of sp³-hybridized carbons (Fsp3) is 0.211. The van der Waals surface area contributed by atoms with Gasteiger partial charge >= 0.3 is 5.97 Å². The van der Waals surface area contributed by atoms with E-state index < -0.39 is 20.9 Å². The van der Waals surface area contributed by atoms with E-state index in [9.17, 15) is 23.3 Å². The highest BCUT2D eigenvalue weighted by atomic mass is 32.2. The number of hydrogen-bond acceptors (Lipinski definition) is 6. The largest absolute Gasteiger partial charge is 0.465 e. The van der Waals surface area contributed by atoms with Crippen LogP contribution in [-0.2, 0) is 14.8 Å². The number of nitrogens with zero attached hydrogens (tertiary/aromatic N) is 2. The minimum atomic E-state index is -4.17. The third-order valence-corrected chi connectivity index (χ3v) is 6.07. The van der Waals surface area contributed by atoms with Crippen molar-refractivity contribution in [2.75, 3.05) is 18.0 Å². The van der Waals surface area contributed by atoms with Crippen molar-refractivity contribution in [2.24, 2.45) is 0 Å². The van der Waals surface area contributed by atoms with E-state index in [1.807, 2.05) is 0 Å². The number of benzene rings is 2. The molecule has 0 radical (unpaired) electrons. The zero-order valence-corrected chi connectivity index (χ0v) is 16.5. The van der Waals surface area contributed by atoms with Crippen molar-refractivity contribution < 1.29 is 22.9 Å². The number of sulfonamides is 1. The van der Waals surface area contributed by atoms with Gasteiger partial charge in [0, 0.05) is 12.1 Å². The molecular weight excluding hydrogens is 384 g/mol. The molecule has 0 bridgehead atoms. The fourth-order valence-electron chi connectivity index (χ4n) is 2.67. The fourth-order valence-corrected chi connectivity index (χ4v) is 4.40. The number of anilines is 1. The van der Waals surface area contributed by atoms with E-state index in [1.54, 1.807) is 19.9 Å². The first-order valence-corrected chi connectivity index (χ1v) is 9.65. The highest BCUT2D eigenvalue weighted by molar-refractivity contribution is 7.92. The smallest absolute Gasteiger partial charge is 0.337 e. The molecule has 2 aromatic carbocycles. The maximum atomic E-state index is 13.4. The molecule has 9 heteroatoms. The van der Waals surface area contributed by atoms with Crippen LogP contribution < -0.4 is 4.31 Å². The van der Waals surface area contributed by atoms with E-state index in [-0.39, 0.29) is 28.4 Å². The summed E-state index contributed by atoms with van der Waals surface area (Å²) in [5.41, 5.74) is 1.07. The summed E-state index contributed by atoms with van der Waals surface area (Å²) in [5, 5.41) is 11.1. The van der Waals surface area contributed by atoms with Crippen molar-refractivity contribution in [3.8, 4) is 0 Å². The van der Waals surface area contributed by atoms with Gasteiger partial charge in [0.05, 0.1) is 34.7 Å². The van der Waals surface area contributed by atoms with Gasteiger partial charge in [-0.25, -0.2) is 13.2 Å². The van der Waals surface area contributed by atoms with Crippen LogP contribution >= 0.6 is 0 Å². The molecule has 0 aromatic heterocycles. The molecule has 28 heavy (non-hydrogen) atoms. The summed E-state index contributed by atoms with van der Waals surface area (Å²) in [7, 11) is -2.94. The Bertz CT molecular complexity index is 1050. The molecule has 0 fully saturated rings. The van der Waals surface area contributed by atoms with Crippen LogP contribution in [0.3, 0.4) is 0 Å². The maximum absolute atomic E-state index is 13.4. The van der Waals surface area contributed by atoms with Gasteiger partial charge in [-0.1, -0.05) is 18.2 Å². The molecule has 0 saturated carbocycles. The van der Waals surface area contributed by atoms with Gasteiger partial charge in [0.1, 0.15) is 0 Å². The Morgan fingerprint density at radius 3 is 2.43 bits per heavy atom. The normalized spacial score (nSPS) is 11.0. The Balaban J connectivity index is 2.70. The SMILES string of the molecule is C=CCN(c1cc(C(=O)OC)ccc1C)S(=O)(=O)c1cc([N+](=O)[O-])ccc1C. The van der Waals surface area contributed by atoms with Gasteiger partial charge < -0.3 is 4.74 Å². The van der Waals surface area contributed by atoms with E-state index in [0.29, 0.717) is 11.1 Å². The van der Waals surface area contributed by atoms with Gasteiger partial charge in [0.25, 0.3) is 15.7 Å². The average Bonchev–Trinajstić information content (AvgIpc) is 2.66. The molecule has 0 spiro atoms. The van der Waals surface area contributed by atoms with Crippen molar-refractivity contribution in [3.63, 3.8) is 0 Å². The number of rotatable bonds is 7. The third-order valence-electron chi connectivity index (χ3n) is 4.14. The number of non-ortho nitro benzene ring substituents is 1. The molecule has 148 valence electrons. The lowest BCUT2D eigenvalue weighted by Gasteiger charge is -2.26. The second-order valence-electron chi connectivity index (χ2n) is 6.02. The molecule has 2 rings (SSSR count). The number of carbonyl (C=O) groups excluding carboxylic acids is 1. The molecule has 0 aliphatic heterocycles. The molecule has 0 amide bonds. The molecule has 0 heterocycles. The third kappa shape index (κ3) is 4.04. The first kappa shape index (κ1) is 21.1. The highest BCUT2D eigenvalue weighted by Gasteiger charge is 2.29. The van der Waals surface area contributed by atoms with E-state index in [1.165, 1.54) is 37.5 Å². The van der Waals surface area contributed by atoms with Crippen LogP contribution in [0.25, 0.3) is 0 Å². The average molecular weight is 404 g/mol. The van der Waals surface area contributed by atoms with Crippen molar-refractivity contribution in [2.45, 2.75) is 18.7 Å². The highest BCUT2D eigenvalue weighted by Crippen LogP contribution is 2.31. The number of nitro benzene ring substituents is 1. The summed E-state index contributed by atoms with van der Waals surface area (Å²) in [6.07, 6.45) is 1.40. The molecule has 0 atom stereocenters. The van der Waals surface area contributed by atoms with Crippen molar-refractivity contribution in [1.82, 2.24) is 0 Å². The first-order chi connectivity index (χ1) is 13.1. The van der Waals surface area contributed by atoms with Crippen molar-refractivity contribution in [3.05, 3.63) is 75.9 Å². The Morgan fingerprint density at radius 2 is 1.86 bits per heavy atom. The lowest BCUT2D eigenvalue weighted by molar-refractivity contribution is -0.385. The Morgan fingerprint density at radius 1 is 1.21 bits per heavy atom. The molecule has 0 aliphatic carbocycles. The predicted molar refractivity (Wildman–Crippen MR) is 105 cm³/mol. The number of hydrogen-bond donors (Lipinski definition) is 0. The minimum absolute atomic E-state index is 0.0874. The Labute approximate surface area is 163 Å². The lowest BCUT2D eigenvalue weighted by atomic mass is 10.1. The van der Waals surface area contributed by atoms with E-state index in [2.05, 4.69) is 6.58 Å². The van der Waals surface area contributed by atoms with Gasteiger partial charge in [-0.05, 0) is 37.1 Å². The van der Waals surface area contributed by atoms with Crippen LogP contribution in [0.2, 0.25) is 0 Å². The van der Waals surface area contributed by atoms with Gasteiger partial charge in [0.2, 0.25) is 0 Å². The summed E-state index contributed by atoms with van der Waals surface area (Å²) in [6.45, 7) is 6.76. The standard InChI is InChI=1S/C19H20N2O6S/c1-5-10-20(17-11-15(19(22)27-4)8-6-13(17)2)28(25,26)18-12-16(21(23)24)9-7-14(18)3/h5-9,11-12H,1,10H2,2-4H3. The summed E-state index contributed by atoms with van der Waals surface area (Å²) in [6, 6.07) is 8.20. The molecule has 0 aliphatic rings. The predicted octanol–water partition coefficient (Wildman–Crippen LogP) is 3.38. The van der Waals surface area contributed by atoms with Crippen LogP contribution in [0.5, 0.6) is 0 Å². The second-order valence-corrected chi connectivity index (χ2v) is 7.86. The van der Waals surface area contributed by atoms with Crippen LogP contribution in [0.4, 0.5) is 11.4 Å². The topological polar surface area (TPSA) is 107 Å². The Kier molecular flexibility index (Phi) is 6.19. The summed E-state index contributed by atoms with van der Waals surface area (Å²) in [4.78, 5) is 22.1. The van der Waals surface area contributed by atoms with Crippen LogP contribution in [0, 0.1) is 24.0 Å². The monoisotopic (exact) mass is 404 g/mol. The van der Waals surface area contributed by atoms with E-state index >= 15 is 0 Å². The molecular formula is C19H20N2O6S. The van der Waals surface area contributed by atoms with E-state index in [4.69, 9.17) is 4.74 Å². The minimum Gasteiger partial charge on any atom is -0.465 e. The summed E-state index contributed by atoms with van der Waals surface area (Å²) >= 11 is 0. The zero-order valence-electron chi connectivity index (χ0n) is 15.7. The molecule has 8 nitrogen and oxygen atoms in total. The number of aryl methyl sites for hydroxylation is 2. The summed E-state index contributed by atoms with van der Waals surface area (Å²) < 4.78 is 32.5. The van der Waals surface area contributed by atoms with E-state index in [0.717, 1.165) is 10.4 Å². The lowest BCUT2D eigenvalue weighted by Crippen LogP contribution is -2.32. The van der Waals surface area contributed by atoms with Crippen molar-refractivity contribution in [1.29, 1.82) is 0 Å². The number of nitro groups is 1. The van der Waals surface area contributed by atoms with Gasteiger partial charge in [-0.3, -0.25) is 14.4 Å². The number of esters is 1. The zero-order chi connectivity index (χ0) is 21.1. The number of carbonyl (C=O) groups is 1. The van der Waals surface area contributed by atoms with Crippen LogP contribution in [0.15, 0.2) is 53.9 Å². The van der Waals surface area contributed by atoms with Gasteiger partial charge in [-0.15, -0.1) is 6.58 Å². The second kappa shape index (κ2) is 8.22. The summed E-state index contributed by atoms with van der Waals surface area (Å²) in [5.74, 6) is -0.608. The van der Waals surface area contributed by atoms with Crippen LogP contribution in [0.1, 0.15) is 21.5 Å². The van der Waals surface area contributed by atoms with Crippen molar-refractivity contribution >= 4 is 27.4 Å².